The number of oxazole rings is 1. The van der Waals surface area contributed by atoms with E-state index in [1.165, 1.54) is 0 Å². The maximum atomic E-state index is 12.0. The molecule has 8 heteroatoms. The van der Waals surface area contributed by atoms with Gasteiger partial charge in [-0.3, -0.25) is 4.79 Å². The molecule has 0 fully saturated rings. The van der Waals surface area contributed by atoms with Gasteiger partial charge >= 0.3 is 0 Å². The van der Waals surface area contributed by atoms with Crippen molar-refractivity contribution in [2.45, 2.75) is 26.4 Å². The van der Waals surface area contributed by atoms with Crippen LogP contribution in [0.15, 0.2) is 22.7 Å². The first-order valence-electron chi connectivity index (χ1n) is 7.96. The lowest BCUT2D eigenvalue weighted by Crippen LogP contribution is -2.39. The van der Waals surface area contributed by atoms with Crippen LogP contribution in [0.2, 0.25) is 5.02 Å². The van der Waals surface area contributed by atoms with Crippen LogP contribution in [0.5, 0.6) is 11.5 Å². The molecule has 1 aliphatic heterocycles. The van der Waals surface area contributed by atoms with Gasteiger partial charge in [-0.25, -0.2) is 4.98 Å². The molecule has 7 nitrogen and oxygen atoms in total. The molecule has 25 heavy (non-hydrogen) atoms. The van der Waals surface area contributed by atoms with E-state index in [2.05, 4.69) is 4.98 Å². The molecule has 0 aliphatic carbocycles. The van der Waals surface area contributed by atoms with E-state index in [4.69, 9.17) is 30.6 Å². The molecule has 0 saturated heterocycles. The van der Waals surface area contributed by atoms with Crippen LogP contribution in [0.25, 0.3) is 0 Å². The molecule has 1 atom stereocenters. The molecule has 3 rings (SSSR count). The molecule has 0 radical (unpaired) electrons. The summed E-state index contributed by atoms with van der Waals surface area (Å²) in [6.07, 6.45) is 1.70. The molecule has 134 valence electrons. The summed E-state index contributed by atoms with van der Waals surface area (Å²) in [5, 5.41) is 9.37. The molecule has 1 amide bonds. The van der Waals surface area contributed by atoms with Gasteiger partial charge in [0.2, 0.25) is 0 Å². The van der Waals surface area contributed by atoms with Gasteiger partial charge in [-0.1, -0.05) is 11.6 Å². The second kappa shape index (κ2) is 7.33. The molecule has 1 aliphatic rings. The van der Waals surface area contributed by atoms with Crippen LogP contribution in [0.4, 0.5) is 5.69 Å². The van der Waals surface area contributed by atoms with Gasteiger partial charge in [-0.05, 0) is 19.4 Å². The fourth-order valence-corrected chi connectivity index (χ4v) is 2.78. The first kappa shape index (κ1) is 17.6. The summed E-state index contributed by atoms with van der Waals surface area (Å²) in [5.74, 6) is 1.92. The fourth-order valence-electron chi connectivity index (χ4n) is 2.58. The van der Waals surface area contributed by atoms with Crippen LogP contribution in [0, 0.1) is 6.92 Å². The average Bonchev–Trinajstić information content (AvgIpc) is 3.02. The van der Waals surface area contributed by atoms with Gasteiger partial charge in [0.05, 0.1) is 16.9 Å². The summed E-state index contributed by atoms with van der Waals surface area (Å²) in [4.78, 5) is 17.7. The Morgan fingerprint density at radius 3 is 2.96 bits per heavy atom. The maximum Gasteiger partial charge on any atom is 0.265 e. The summed E-state index contributed by atoms with van der Waals surface area (Å²) in [5.41, 5.74) is 0.574. The Labute approximate surface area is 150 Å². The van der Waals surface area contributed by atoms with Crippen LogP contribution >= 0.6 is 11.6 Å². The first-order chi connectivity index (χ1) is 12.0. The Bertz CT molecular complexity index is 776. The summed E-state index contributed by atoms with van der Waals surface area (Å²) >= 11 is 6.33. The van der Waals surface area contributed by atoms with E-state index in [9.17, 15) is 4.79 Å². The van der Waals surface area contributed by atoms with Crippen molar-refractivity contribution in [1.29, 1.82) is 0 Å². The lowest BCUT2D eigenvalue weighted by atomic mass is 10.2. The number of hydrogen-bond acceptors (Lipinski definition) is 6. The molecule has 2 aromatic rings. The van der Waals surface area contributed by atoms with E-state index in [1.54, 1.807) is 30.2 Å². The zero-order valence-electron chi connectivity index (χ0n) is 14.0. The molecule has 0 saturated carbocycles. The third-order valence-electron chi connectivity index (χ3n) is 3.84. The van der Waals surface area contributed by atoms with Crippen LogP contribution in [-0.2, 0) is 4.79 Å². The monoisotopic (exact) mass is 366 g/mol. The standard InChI is InChI=1S/C17H19ClN2O5/c1-10(16-8-19-11(2)25-16)24-14-7-15-13(6-12(14)18)20(4-3-5-21)17(22)9-23-15/h6-8,10,21H,3-5,9H2,1-2H3. The number of nitrogens with zero attached hydrogens (tertiary/aromatic N) is 2. The van der Waals surface area contributed by atoms with Crippen molar-refractivity contribution in [3.63, 3.8) is 0 Å². The van der Waals surface area contributed by atoms with Crippen molar-refractivity contribution in [3.05, 3.63) is 35.0 Å². The molecular formula is C17H19ClN2O5. The Balaban J connectivity index is 1.84. The van der Waals surface area contributed by atoms with E-state index < -0.39 is 0 Å². The smallest absolute Gasteiger partial charge is 0.265 e. The van der Waals surface area contributed by atoms with Gasteiger partial charge in [0.25, 0.3) is 5.91 Å². The SMILES string of the molecule is Cc1ncc(C(C)Oc2cc3c(cc2Cl)N(CCCO)C(=O)CO3)o1. The Kier molecular flexibility index (Phi) is 5.15. The highest BCUT2D eigenvalue weighted by Gasteiger charge is 2.27. The zero-order valence-corrected chi connectivity index (χ0v) is 14.7. The number of aliphatic hydroxyl groups excluding tert-OH is 1. The average molecular weight is 367 g/mol. The number of carbonyl (C=O) groups is 1. The third-order valence-corrected chi connectivity index (χ3v) is 4.14. The van der Waals surface area contributed by atoms with E-state index in [1.807, 2.05) is 6.92 Å². The number of halogens is 1. The van der Waals surface area contributed by atoms with E-state index >= 15 is 0 Å². The number of anilines is 1. The fraction of sp³-hybridized carbons (Fsp3) is 0.412. The molecular weight excluding hydrogens is 348 g/mol. The maximum absolute atomic E-state index is 12.0. The van der Waals surface area contributed by atoms with Crippen molar-refractivity contribution in [2.24, 2.45) is 0 Å². The van der Waals surface area contributed by atoms with Gasteiger partial charge < -0.3 is 23.9 Å². The number of benzene rings is 1. The number of carbonyl (C=O) groups excluding carboxylic acids is 1. The second-order valence-corrected chi connectivity index (χ2v) is 6.11. The lowest BCUT2D eigenvalue weighted by molar-refractivity contribution is -0.121. The second-order valence-electron chi connectivity index (χ2n) is 5.70. The van der Waals surface area contributed by atoms with Gasteiger partial charge in [0.1, 0.15) is 11.5 Å². The van der Waals surface area contributed by atoms with E-state index in [-0.39, 0.29) is 25.2 Å². The van der Waals surface area contributed by atoms with Gasteiger partial charge in [0, 0.05) is 26.1 Å². The number of aryl methyl sites for hydroxylation is 1. The molecule has 1 aromatic heterocycles. The zero-order chi connectivity index (χ0) is 18.0. The Morgan fingerprint density at radius 2 is 2.28 bits per heavy atom. The molecule has 2 heterocycles. The van der Waals surface area contributed by atoms with Crippen LogP contribution in [0.1, 0.15) is 31.1 Å². The third kappa shape index (κ3) is 3.72. The number of fused-ring (bicyclic) bond motifs is 1. The molecule has 1 N–H and O–H groups in total. The van der Waals surface area contributed by atoms with E-state index in [0.717, 1.165) is 0 Å². The highest BCUT2D eigenvalue weighted by atomic mass is 35.5. The topological polar surface area (TPSA) is 85.0 Å². The summed E-state index contributed by atoms with van der Waals surface area (Å²) in [6, 6.07) is 3.30. The van der Waals surface area contributed by atoms with Crippen molar-refractivity contribution in [3.8, 4) is 11.5 Å². The quantitative estimate of drug-likeness (QED) is 0.846. The minimum Gasteiger partial charge on any atom is -0.481 e. The van der Waals surface area contributed by atoms with Gasteiger partial charge in [0.15, 0.2) is 24.4 Å². The Morgan fingerprint density at radius 1 is 1.48 bits per heavy atom. The van der Waals surface area contributed by atoms with Crippen LogP contribution in [0.3, 0.4) is 0 Å². The number of aliphatic hydroxyl groups is 1. The number of rotatable bonds is 6. The van der Waals surface area contributed by atoms with Crippen molar-refractivity contribution >= 4 is 23.2 Å². The van der Waals surface area contributed by atoms with Gasteiger partial charge in [-0.2, -0.15) is 0 Å². The molecule has 1 aromatic carbocycles. The highest BCUT2D eigenvalue weighted by Crippen LogP contribution is 2.41. The minimum absolute atomic E-state index is 0.00299. The largest absolute Gasteiger partial charge is 0.481 e. The summed E-state index contributed by atoms with van der Waals surface area (Å²) in [6.45, 7) is 3.93. The van der Waals surface area contributed by atoms with Crippen molar-refractivity contribution in [2.75, 3.05) is 24.7 Å². The van der Waals surface area contributed by atoms with Crippen molar-refractivity contribution in [1.82, 2.24) is 4.98 Å². The first-order valence-corrected chi connectivity index (χ1v) is 8.34. The van der Waals surface area contributed by atoms with Gasteiger partial charge in [-0.15, -0.1) is 0 Å². The molecule has 1 unspecified atom stereocenters. The number of amides is 1. The molecule has 0 spiro atoms. The van der Waals surface area contributed by atoms with E-state index in [0.29, 0.717) is 46.8 Å². The molecule has 0 bridgehead atoms. The number of aromatic nitrogens is 1. The van der Waals surface area contributed by atoms with Crippen LogP contribution in [-0.4, -0.2) is 35.8 Å². The summed E-state index contributed by atoms with van der Waals surface area (Å²) < 4.78 is 16.8. The minimum atomic E-state index is -0.382. The van der Waals surface area contributed by atoms with Crippen molar-refractivity contribution < 1.29 is 23.8 Å². The highest BCUT2D eigenvalue weighted by molar-refractivity contribution is 6.32. The normalized spacial score (nSPS) is 14.9. The summed E-state index contributed by atoms with van der Waals surface area (Å²) in [7, 11) is 0. The number of ether oxygens (including phenoxy) is 2. The van der Waals surface area contributed by atoms with Crippen LogP contribution < -0.4 is 14.4 Å². The lowest BCUT2D eigenvalue weighted by Gasteiger charge is -2.30. The number of hydrogen-bond donors (Lipinski definition) is 1. The predicted octanol–water partition coefficient (Wildman–Crippen LogP) is 2.88. The predicted molar refractivity (Wildman–Crippen MR) is 91.3 cm³/mol. The Hall–Kier alpha value is -2.25.